The Morgan fingerprint density at radius 1 is 1.28 bits per heavy atom. The van der Waals surface area contributed by atoms with E-state index >= 15 is 0 Å². The summed E-state index contributed by atoms with van der Waals surface area (Å²) in [5.41, 5.74) is 4.07. The third-order valence-corrected chi connectivity index (χ3v) is 5.15. The molecular weight excluding hydrogens is 316 g/mol. The summed E-state index contributed by atoms with van der Waals surface area (Å²) >= 11 is 0. The number of hydrogen-bond acceptors (Lipinski definition) is 4. The van der Waals surface area contributed by atoms with Crippen molar-refractivity contribution in [3.8, 4) is 0 Å². The largest absolute Gasteiger partial charge is 0.308 e. The Morgan fingerprint density at radius 2 is 2.08 bits per heavy atom. The average Bonchev–Trinajstić information content (AvgIpc) is 2.92. The van der Waals surface area contributed by atoms with Crippen molar-refractivity contribution in [1.82, 2.24) is 14.7 Å². The number of benzene rings is 1. The van der Waals surface area contributed by atoms with Crippen molar-refractivity contribution < 1.29 is 4.79 Å². The second kappa shape index (κ2) is 6.11. The van der Waals surface area contributed by atoms with Crippen LogP contribution in [0.2, 0.25) is 0 Å². The topological polar surface area (TPSA) is 58.4 Å². The molecule has 2 aliphatic rings. The minimum Gasteiger partial charge on any atom is -0.308 e. The Hall–Kier alpha value is -2.47. The van der Waals surface area contributed by atoms with Gasteiger partial charge in [0.25, 0.3) is 5.56 Å². The van der Waals surface area contributed by atoms with Crippen molar-refractivity contribution in [2.24, 2.45) is 7.05 Å². The number of nitrogens with zero attached hydrogens (tertiary/aromatic N) is 4. The van der Waals surface area contributed by atoms with Crippen LogP contribution in [0.25, 0.3) is 0 Å². The van der Waals surface area contributed by atoms with Gasteiger partial charge >= 0.3 is 0 Å². The van der Waals surface area contributed by atoms with E-state index in [9.17, 15) is 9.59 Å². The van der Waals surface area contributed by atoms with Crippen LogP contribution < -0.4 is 10.5 Å². The molecule has 3 heterocycles. The molecule has 2 aliphatic heterocycles. The highest BCUT2D eigenvalue weighted by Gasteiger charge is 2.32. The quantitative estimate of drug-likeness (QED) is 0.823. The van der Waals surface area contributed by atoms with Gasteiger partial charge in [0.1, 0.15) is 0 Å². The average molecular weight is 338 g/mol. The predicted octanol–water partition coefficient (Wildman–Crippen LogP) is 1.12. The molecule has 0 aliphatic carbocycles. The van der Waals surface area contributed by atoms with Crippen LogP contribution in [0.4, 0.5) is 5.69 Å². The van der Waals surface area contributed by atoms with Crippen molar-refractivity contribution in [2.45, 2.75) is 32.4 Å². The van der Waals surface area contributed by atoms with Gasteiger partial charge < -0.3 is 4.90 Å². The molecular formula is C19H22N4O2. The van der Waals surface area contributed by atoms with Gasteiger partial charge in [-0.15, -0.1) is 0 Å². The van der Waals surface area contributed by atoms with Gasteiger partial charge in [-0.05, 0) is 30.5 Å². The summed E-state index contributed by atoms with van der Waals surface area (Å²) in [7, 11) is 1.67. The molecule has 0 fully saturated rings. The zero-order chi connectivity index (χ0) is 17.6. The maximum atomic E-state index is 12.9. The van der Waals surface area contributed by atoms with Gasteiger partial charge in [-0.1, -0.05) is 18.2 Å². The van der Waals surface area contributed by atoms with E-state index in [0.29, 0.717) is 13.1 Å². The molecule has 2 aromatic rings. The number of aryl methyl sites for hydroxylation is 1. The second-order valence-corrected chi connectivity index (χ2v) is 6.98. The maximum absolute atomic E-state index is 12.9. The molecule has 130 valence electrons. The molecule has 0 spiro atoms. The summed E-state index contributed by atoms with van der Waals surface area (Å²) in [6.45, 7) is 3.85. The number of amides is 1. The lowest BCUT2D eigenvalue weighted by molar-refractivity contribution is -0.120. The van der Waals surface area contributed by atoms with Crippen LogP contribution >= 0.6 is 0 Å². The number of para-hydroxylation sites is 1. The number of rotatable bonds is 2. The Balaban J connectivity index is 1.51. The van der Waals surface area contributed by atoms with Crippen LogP contribution in [0.5, 0.6) is 0 Å². The summed E-state index contributed by atoms with van der Waals surface area (Å²) in [5.74, 6) is 0.123. The molecule has 0 bridgehead atoms. The Kier molecular flexibility index (Phi) is 3.92. The van der Waals surface area contributed by atoms with Gasteiger partial charge in [-0.25, -0.2) is 4.68 Å². The number of aromatic nitrogens is 2. The van der Waals surface area contributed by atoms with Gasteiger partial charge in [-0.3, -0.25) is 14.5 Å². The fourth-order valence-corrected chi connectivity index (χ4v) is 3.90. The number of anilines is 1. The predicted molar refractivity (Wildman–Crippen MR) is 95.6 cm³/mol. The minimum absolute atomic E-state index is 0.103. The Bertz CT molecular complexity index is 889. The molecule has 1 amide bonds. The van der Waals surface area contributed by atoms with Gasteiger partial charge in [0.15, 0.2) is 0 Å². The zero-order valence-corrected chi connectivity index (χ0v) is 14.6. The molecule has 6 heteroatoms. The Labute approximate surface area is 146 Å². The highest BCUT2D eigenvalue weighted by Crippen LogP contribution is 2.32. The third kappa shape index (κ3) is 2.87. The summed E-state index contributed by atoms with van der Waals surface area (Å²) in [5, 5.41) is 4.33. The van der Waals surface area contributed by atoms with E-state index in [0.717, 1.165) is 36.3 Å². The van der Waals surface area contributed by atoms with E-state index in [4.69, 9.17) is 0 Å². The standard InChI is InChI=1S/C19H22N4O2/c1-13-9-14-5-3-4-6-17(14)23(13)19(25)12-22-8-7-16-15(11-22)10-18(24)21(2)20-16/h3-6,10,13H,7-9,11-12H2,1-2H3/t13-/m0/s1. The molecule has 25 heavy (non-hydrogen) atoms. The molecule has 6 nitrogen and oxygen atoms in total. The first-order valence-electron chi connectivity index (χ1n) is 8.71. The second-order valence-electron chi connectivity index (χ2n) is 6.98. The highest BCUT2D eigenvalue weighted by atomic mass is 16.2. The summed E-state index contributed by atoms with van der Waals surface area (Å²) in [4.78, 5) is 28.8. The van der Waals surface area contributed by atoms with Crippen molar-refractivity contribution in [3.63, 3.8) is 0 Å². The van der Waals surface area contributed by atoms with Gasteiger partial charge in [0, 0.05) is 44.4 Å². The van der Waals surface area contributed by atoms with Crippen LogP contribution in [-0.2, 0) is 31.2 Å². The number of carbonyl (C=O) groups excluding carboxylic acids is 1. The lowest BCUT2D eigenvalue weighted by Gasteiger charge is -2.30. The highest BCUT2D eigenvalue weighted by molar-refractivity contribution is 5.97. The van der Waals surface area contributed by atoms with E-state index in [1.807, 2.05) is 23.1 Å². The molecule has 0 unspecified atom stereocenters. The van der Waals surface area contributed by atoms with Gasteiger partial charge in [0.05, 0.1) is 12.2 Å². The van der Waals surface area contributed by atoms with Crippen LogP contribution in [0.3, 0.4) is 0 Å². The number of carbonyl (C=O) groups is 1. The lowest BCUT2D eigenvalue weighted by Crippen LogP contribution is -2.45. The van der Waals surface area contributed by atoms with Crippen LogP contribution in [0.15, 0.2) is 35.1 Å². The Morgan fingerprint density at radius 3 is 2.92 bits per heavy atom. The first-order valence-corrected chi connectivity index (χ1v) is 8.71. The van der Waals surface area contributed by atoms with Crippen molar-refractivity contribution in [3.05, 3.63) is 57.5 Å². The molecule has 1 atom stereocenters. The number of fused-ring (bicyclic) bond motifs is 2. The number of hydrogen-bond donors (Lipinski definition) is 0. The van der Waals surface area contributed by atoms with E-state index in [2.05, 4.69) is 23.0 Å². The first kappa shape index (κ1) is 16.0. The van der Waals surface area contributed by atoms with Crippen LogP contribution in [0, 0.1) is 0 Å². The summed E-state index contributed by atoms with van der Waals surface area (Å²) < 4.78 is 1.38. The third-order valence-electron chi connectivity index (χ3n) is 5.15. The van der Waals surface area contributed by atoms with Gasteiger partial charge in [0.2, 0.25) is 5.91 Å². The van der Waals surface area contributed by atoms with Crippen LogP contribution in [0.1, 0.15) is 23.7 Å². The van der Waals surface area contributed by atoms with Crippen molar-refractivity contribution >= 4 is 11.6 Å². The van der Waals surface area contributed by atoms with E-state index in [1.54, 1.807) is 13.1 Å². The van der Waals surface area contributed by atoms with E-state index in [-0.39, 0.29) is 17.5 Å². The van der Waals surface area contributed by atoms with E-state index < -0.39 is 0 Å². The summed E-state index contributed by atoms with van der Waals surface area (Å²) in [6, 6.07) is 9.96. The monoisotopic (exact) mass is 338 g/mol. The fraction of sp³-hybridized carbons (Fsp3) is 0.421. The fourth-order valence-electron chi connectivity index (χ4n) is 3.90. The lowest BCUT2D eigenvalue weighted by atomic mass is 10.1. The summed E-state index contributed by atoms with van der Waals surface area (Å²) in [6.07, 6.45) is 1.67. The van der Waals surface area contributed by atoms with Crippen molar-refractivity contribution in [2.75, 3.05) is 18.0 Å². The molecule has 0 saturated carbocycles. The SMILES string of the molecule is C[C@H]1Cc2ccccc2N1C(=O)CN1CCc2nn(C)c(=O)cc2C1. The first-order chi connectivity index (χ1) is 12.0. The molecule has 0 radical (unpaired) electrons. The van der Waals surface area contributed by atoms with E-state index in [1.165, 1.54) is 10.2 Å². The smallest absolute Gasteiger partial charge is 0.266 e. The maximum Gasteiger partial charge on any atom is 0.266 e. The minimum atomic E-state index is -0.103. The zero-order valence-electron chi connectivity index (χ0n) is 14.6. The normalized spacial score (nSPS) is 19.6. The molecule has 0 saturated heterocycles. The molecule has 4 rings (SSSR count). The molecule has 1 aromatic carbocycles. The van der Waals surface area contributed by atoms with Gasteiger partial charge in [-0.2, -0.15) is 5.10 Å². The van der Waals surface area contributed by atoms with Crippen LogP contribution in [-0.4, -0.2) is 39.7 Å². The van der Waals surface area contributed by atoms with Crippen molar-refractivity contribution in [1.29, 1.82) is 0 Å². The molecule has 1 aromatic heterocycles. The molecule has 0 N–H and O–H groups in total.